The number of nitrogens with two attached hydrogens (primary N) is 1. The van der Waals surface area contributed by atoms with Gasteiger partial charge < -0.3 is 15.8 Å². The molecule has 1 unspecified atom stereocenters. The zero-order chi connectivity index (χ0) is 14.8. The van der Waals surface area contributed by atoms with E-state index in [4.69, 9.17) is 16.1 Å². The number of H-pyrrole nitrogens is 1. The molecule has 104 valence electrons. The van der Waals surface area contributed by atoms with Crippen molar-refractivity contribution in [1.82, 2.24) is 9.97 Å². The molecule has 4 N–H and O–H groups in total. The maximum atomic E-state index is 9.08. The van der Waals surface area contributed by atoms with Crippen LogP contribution in [0.3, 0.4) is 0 Å². The normalized spacial score (nSPS) is 12.2. The number of imidazole rings is 1. The van der Waals surface area contributed by atoms with E-state index < -0.39 is 6.04 Å². The molecular weight excluding hydrogens is 264 g/mol. The van der Waals surface area contributed by atoms with Crippen LogP contribution < -0.4 is 5.73 Å². The lowest BCUT2D eigenvalue weighted by molar-refractivity contribution is 0.264. The van der Waals surface area contributed by atoms with Gasteiger partial charge in [0.05, 0.1) is 35.3 Å². The Hall–Kier alpha value is -2.68. The average molecular weight is 278 g/mol. The third-order valence-electron chi connectivity index (χ3n) is 3.40. The Morgan fingerprint density at radius 2 is 1.90 bits per heavy atom. The Labute approximate surface area is 121 Å². The van der Waals surface area contributed by atoms with Crippen molar-refractivity contribution in [3.05, 3.63) is 53.9 Å². The quantitative estimate of drug-likeness (QED) is 0.683. The number of nitriles is 1. The van der Waals surface area contributed by atoms with Crippen molar-refractivity contribution in [2.24, 2.45) is 5.73 Å². The first kappa shape index (κ1) is 13.3. The summed E-state index contributed by atoms with van der Waals surface area (Å²) in [5.41, 5.74) is 10.1. The van der Waals surface area contributed by atoms with E-state index in [-0.39, 0.29) is 6.61 Å². The summed E-state index contributed by atoms with van der Waals surface area (Å²) in [5, 5.41) is 17.9. The minimum absolute atomic E-state index is 0.150. The van der Waals surface area contributed by atoms with E-state index in [9.17, 15) is 0 Å². The van der Waals surface area contributed by atoms with Gasteiger partial charge in [-0.2, -0.15) is 5.26 Å². The van der Waals surface area contributed by atoms with Crippen LogP contribution in [0.25, 0.3) is 22.2 Å². The molecule has 0 aliphatic rings. The molecule has 1 heterocycles. The number of aromatic amines is 1. The van der Waals surface area contributed by atoms with Crippen molar-refractivity contribution in [1.29, 1.82) is 5.26 Å². The smallest absolute Gasteiger partial charge is 0.126 e. The molecule has 0 aliphatic carbocycles. The first-order valence-electron chi connectivity index (χ1n) is 6.58. The Morgan fingerprint density at radius 1 is 1.19 bits per heavy atom. The third-order valence-corrected chi connectivity index (χ3v) is 3.40. The van der Waals surface area contributed by atoms with Crippen LogP contribution in [0, 0.1) is 11.3 Å². The van der Waals surface area contributed by atoms with Gasteiger partial charge in [0.2, 0.25) is 0 Å². The van der Waals surface area contributed by atoms with Crippen molar-refractivity contribution in [3.8, 4) is 17.2 Å². The molecule has 0 amide bonds. The number of rotatable bonds is 3. The molecule has 0 aliphatic heterocycles. The van der Waals surface area contributed by atoms with Crippen LogP contribution in [0.2, 0.25) is 0 Å². The van der Waals surface area contributed by atoms with Gasteiger partial charge in [0.25, 0.3) is 0 Å². The second-order valence-electron chi connectivity index (χ2n) is 4.83. The molecular formula is C16H14N4O. The maximum Gasteiger partial charge on any atom is 0.126 e. The second kappa shape index (κ2) is 5.37. The highest BCUT2D eigenvalue weighted by atomic mass is 16.3. The molecule has 3 aromatic rings. The van der Waals surface area contributed by atoms with Gasteiger partial charge in [-0.1, -0.05) is 18.2 Å². The predicted molar refractivity (Wildman–Crippen MR) is 80.3 cm³/mol. The van der Waals surface area contributed by atoms with Gasteiger partial charge in [0.15, 0.2) is 0 Å². The fourth-order valence-electron chi connectivity index (χ4n) is 2.21. The Bertz CT molecular complexity index is 814. The number of nitrogens with one attached hydrogen (secondary N) is 1. The Balaban J connectivity index is 2.01. The van der Waals surface area contributed by atoms with Gasteiger partial charge in [0.1, 0.15) is 5.82 Å². The summed E-state index contributed by atoms with van der Waals surface area (Å²) in [4.78, 5) is 7.49. The van der Waals surface area contributed by atoms with E-state index >= 15 is 0 Å². The highest BCUT2D eigenvalue weighted by Crippen LogP contribution is 2.24. The summed E-state index contributed by atoms with van der Waals surface area (Å²) >= 11 is 0. The number of benzene rings is 2. The molecule has 0 saturated carbocycles. The lowest BCUT2D eigenvalue weighted by Crippen LogP contribution is -2.15. The summed E-state index contributed by atoms with van der Waals surface area (Å²) in [6.45, 7) is -0.150. The number of hydrogen-bond donors (Lipinski definition) is 3. The maximum absolute atomic E-state index is 9.08. The van der Waals surface area contributed by atoms with Crippen molar-refractivity contribution >= 4 is 11.0 Å². The molecule has 3 rings (SSSR count). The number of aromatic nitrogens is 2. The van der Waals surface area contributed by atoms with Crippen molar-refractivity contribution < 1.29 is 5.11 Å². The topological polar surface area (TPSA) is 98.7 Å². The molecule has 0 saturated heterocycles. The Morgan fingerprint density at radius 3 is 2.57 bits per heavy atom. The van der Waals surface area contributed by atoms with Gasteiger partial charge in [0, 0.05) is 0 Å². The van der Waals surface area contributed by atoms with Crippen LogP contribution in [0.1, 0.15) is 17.4 Å². The number of nitrogens with zero attached hydrogens (tertiary/aromatic N) is 2. The molecule has 0 radical (unpaired) electrons. The minimum Gasteiger partial charge on any atom is -0.394 e. The van der Waals surface area contributed by atoms with Crippen LogP contribution >= 0.6 is 0 Å². The van der Waals surface area contributed by atoms with E-state index in [1.807, 2.05) is 30.3 Å². The number of aliphatic hydroxyl groups excluding tert-OH is 1. The van der Waals surface area contributed by atoms with Crippen LogP contribution in [-0.4, -0.2) is 21.7 Å². The SMILES string of the molecule is N#Cc1ccc(-c2ccc3nc(C(N)CO)[nH]c3c2)cc1. The van der Waals surface area contributed by atoms with Gasteiger partial charge in [-0.3, -0.25) is 0 Å². The fraction of sp³-hybridized carbons (Fsp3) is 0.125. The molecule has 0 spiro atoms. The standard InChI is InChI=1S/C16H14N4O/c17-8-10-1-3-11(4-2-10)12-5-6-14-15(7-12)20-16(19-14)13(18)9-21/h1-7,13,21H,9,18H2,(H,19,20). The lowest BCUT2D eigenvalue weighted by Gasteiger charge is -2.02. The van der Waals surface area contributed by atoms with E-state index in [0.717, 1.165) is 22.2 Å². The first-order valence-corrected chi connectivity index (χ1v) is 6.58. The zero-order valence-electron chi connectivity index (χ0n) is 11.2. The van der Waals surface area contributed by atoms with E-state index in [2.05, 4.69) is 16.0 Å². The van der Waals surface area contributed by atoms with Crippen LogP contribution in [0.4, 0.5) is 0 Å². The van der Waals surface area contributed by atoms with Crippen molar-refractivity contribution in [2.45, 2.75) is 6.04 Å². The van der Waals surface area contributed by atoms with Crippen molar-refractivity contribution in [3.63, 3.8) is 0 Å². The summed E-state index contributed by atoms with van der Waals surface area (Å²) in [6.07, 6.45) is 0. The summed E-state index contributed by atoms with van der Waals surface area (Å²) < 4.78 is 0. The number of aliphatic hydroxyl groups is 1. The van der Waals surface area contributed by atoms with Gasteiger partial charge in [-0.15, -0.1) is 0 Å². The minimum atomic E-state index is -0.504. The second-order valence-corrected chi connectivity index (χ2v) is 4.83. The van der Waals surface area contributed by atoms with Crippen LogP contribution in [-0.2, 0) is 0 Å². The average Bonchev–Trinajstić information content (AvgIpc) is 2.97. The molecule has 5 nitrogen and oxygen atoms in total. The van der Waals surface area contributed by atoms with Gasteiger partial charge in [-0.25, -0.2) is 4.98 Å². The molecule has 0 fully saturated rings. The fourth-order valence-corrected chi connectivity index (χ4v) is 2.21. The van der Waals surface area contributed by atoms with E-state index in [1.54, 1.807) is 12.1 Å². The van der Waals surface area contributed by atoms with Crippen LogP contribution in [0.15, 0.2) is 42.5 Å². The molecule has 0 bridgehead atoms. The summed E-state index contributed by atoms with van der Waals surface area (Å²) in [5.74, 6) is 0.574. The molecule has 21 heavy (non-hydrogen) atoms. The molecule has 5 heteroatoms. The lowest BCUT2D eigenvalue weighted by atomic mass is 10.0. The Kier molecular flexibility index (Phi) is 3.40. The van der Waals surface area contributed by atoms with Crippen molar-refractivity contribution in [2.75, 3.05) is 6.61 Å². The first-order chi connectivity index (χ1) is 10.2. The largest absolute Gasteiger partial charge is 0.394 e. The zero-order valence-corrected chi connectivity index (χ0v) is 11.2. The predicted octanol–water partition coefficient (Wildman–Crippen LogP) is 2.09. The monoisotopic (exact) mass is 278 g/mol. The van der Waals surface area contributed by atoms with Gasteiger partial charge >= 0.3 is 0 Å². The summed E-state index contributed by atoms with van der Waals surface area (Å²) in [6, 6.07) is 14.9. The molecule has 1 atom stereocenters. The third kappa shape index (κ3) is 2.50. The number of hydrogen-bond acceptors (Lipinski definition) is 4. The van der Waals surface area contributed by atoms with Crippen LogP contribution in [0.5, 0.6) is 0 Å². The highest BCUT2D eigenvalue weighted by molar-refractivity contribution is 5.82. The number of fused-ring (bicyclic) bond motifs is 1. The molecule has 1 aromatic heterocycles. The summed E-state index contributed by atoms with van der Waals surface area (Å²) in [7, 11) is 0. The highest BCUT2D eigenvalue weighted by Gasteiger charge is 2.10. The van der Waals surface area contributed by atoms with Gasteiger partial charge in [-0.05, 0) is 35.4 Å². The molecule has 2 aromatic carbocycles. The van der Waals surface area contributed by atoms with E-state index in [1.165, 1.54) is 0 Å². The van der Waals surface area contributed by atoms with E-state index in [0.29, 0.717) is 11.4 Å².